The highest BCUT2D eigenvalue weighted by atomic mass is 32.2. The molecule has 0 unspecified atom stereocenters. The maximum atomic E-state index is 12.7. The molecule has 6 nitrogen and oxygen atoms in total. The number of ether oxygens (including phenoxy) is 1. The monoisotopic (exact) mass is 444 g/mol. The van der Waals surface area contributed by atoms with E-state index in [9.17, 15) is 13.2 Å². The van der Waals surface area contributed by atoms with Gasteiger partial charge < -0.3 is 10.1 Å². The van der Waals surface area contributed by atoms with Crippen LogP contribution in [0.1, 0.15) is 43.9 Å². The van der Waals surface area contributed by atoms with Crippen molar-refractivity contribution in [3.8, 4) is 5.75 Å². The molecule has 0 saturated heterocycles. The quantitative estimate of drug-likeness (QED) is 0.691. The first kappa shape index (κ1) is 23.1. The Morgan fingerprint density at radius 2 is 1.84 bits per heavy atom. The van der Waals surface area contributed by atoms with Gasteiger partial charge in [-0.05, 0) is 48.4 Å². The highest BCUT2D eigenvalue weighted by molar-refractivity contribution is 7.92. The van der Waals surface area contributed by atoms with Gasteiger partial charge in [-0.15, -0.1) is 0 Å². The summed E-state index contributed by atoms with van der Waals surface area (Å²) >= 11 is 0. The summed E-state index contributed by atoms with van der Waals surface area (Å²) in [5.74, 6) is 0.104. The second kappa shape index (κ2) is 8.91. The van der Waals surface area contributed by atoms with Gasteiger partial charge in [0.25, 0.3) is 5.91 Å². The van der Waals surface area contributed by atoms with Gasteiger partial charge in [-0.2, -0.15) is 0 Å². The van der Waals surface area contributed by atoms with E-state index in [4.69, 9.17) is 4.74 Å². The molecule has 1 aliphatic rings. The number of hydrogen-bond acceptors (Lipinski definition) is 4. The van der Waals surface area contributed by atoms with Gasteiger partial charge in [0.15, 0.2) is 6.10 Å². The van der Waals surface area contributed by atoms with Crippen molar-refractivity contribution in [1.82, 2.24) is 5.32 Å². The number of aryl methyl sites for hydroxylation is 2. The van der Waals surface area contributed by atoms with E-state index in [1.165, 1.54) is 15.4 Å². The van der Waals surface area contributed by atoms with Crippen molar-refractivity contribution in [2.24, 2.45) is 0 Å². The molecule has 0 aliphatic carbocycles. The first-order chi connectivity index (χ1) is 14.4. The summed E-state index contributed by atoms with van der Waals surface area (Å²) in [5.41, 5.74) is 3.79. The predicted octanol–water partition coefficient (Wildman–Crippen LogP) is 3.57. The largest absolute Gasteiger partial charge is 0.476 e. The van der Waals surface area contributed by atoms with E-state index in [1.54, 1.807) is 6.07 Å². The van der Waals surface area contributed by atoms with Crippen LogP contribution >= 0.6 is 0 Å². The summed E-state index contributed by atoms with van der Waals surface area (Å²) in [6.07, 6.45) is 1.92. The van der Waals surface area contributed by atoms with Gasteiger partial charge in [0.05, 0.1) is 18.5 Å². The van der Waals surface area contributed by atoms with Crippen LogP contribution in [0.5, 0.6) is 5.75 Å². The Morgan fingerprint density at radius 1 is 1.16 bits per heavy atom. The maximum absolute atomic E-state index is 12.7. The molecular weight excluding hydrogens is 412 g/mol. The fraction of sp³-hybridized carbons (Fsp3) is 0.458. The van der Waals surface area contributed by atoms with Crippen molar-refractivity contribution < 1.29 is 17.9 Å². The number of nitrogens with one attached hydrogen (secondary N) is 1. The van der Waals surface area contributed by atoms with Crippen LogP contribution in [0.25, 0.3) is 0 Å². The number of benzene rings is 2. The van der Waals surface area contributed by atoms with Crippen molar-refractivity contribution in [2.75, 3.05) is 23.7 Å². The van der Waals surface area contributed by atoms with Gasteiger partial charge in [0, 0.05) is 6.54 Å². The molecule has 0 radical (unpaired) electrons. The van der Waals surface area contributed by atoms with Crippen LogP contribution in [0.2, 0.25) is 0 Å². The number of nitrogens with zero attached hydrogens (tertiary/aromatic N) is 1. The Kier molecular flexibility index (Phi) is 6.65. The van der Waals surface area contributed by atoms with E-state index in [1.807, 2.05) is 12.1 Å². The number of fused-ring (bicyclic) bond motifs is 1. The Morgan fingerprint density at radius 3 is 2.45 bits per heavy atom. The first-order valence-electron chi connectivity index (χ1n) is 10.6. The first-order valence-corrected chi connectivity index (χ1v) is 12.4. The molecule has 1 amide bonds. The zero-order valence-corrected chi connectivity index (χ0v) is 19.8. The molecule has 168 valence electrons. The lowest BCUT2D eigenvalue weighted by molar-refractivity contribution is -0.127. The zero-order chi connectivity index (χ0) is 22.8. The third-order valence-corrected chi connectivity index (χ3v) is 6.60. The Bertz CT molecular complexity index is 1040. The van der Waals surface area contributed by atoms with E-state index >= 15 is 0 Å². The van der Waals surface area contributed by atoms with Gasteiger partial charge in [-0.1, -0.05) is 56.7 Å². The average molecular weight is 445 g/mol. The average Bonchev–Trinajstić information content (AvgIpc) is 2.69. The molecule has 31 heavy (non-hydrogen) atoms. The number of sulfonamides is 1. The Labute approximate surface area is 185 Å². The number of rotatable bonds is 6. The van der Waals surface area contributed by atoms with Crippen LogP contribution < -0.4 is 14.4 Å². The van der Waals surface area contributed by atoms with Gasteiger partial charge in [0.1, 0.15) is 5.75 Å². The van der Waals surface area contributed by atoms with Crippen molar-refractivity contribution in [3.63, 3.8) is 0 Å². The summed E-state index contributed by atoms with van der Waals surface area (Å²) in [6, 6.07) is 13.8. The molecule has 1 aliphatic heterocycles. The number of amides is 1. The number of anilines is 1. The summed E-state index contributed by atoms with van der Waals surface area (Å²) in [7, 11) is -3.56. The molecular formula is C24H32N2O4S. The summed E-state index contributed by atoms with van der Waals surface area (Å²) in [5, 5.41) is 2.89. The molecule has 0 saturated carbocycles. The fourth-order valence-corrected chi connectivity index (χ4v) is 4.45. The Balaban J connectivity index is 1.67. The van der Waals surface area contributed by atoms with E-state index in [-0.39, 0.29) is 17.9 Å². The van der Waals surface area contributed by atoms with Crippen molar-refractivity contribution >= 4 is 21.6 Å². The van der Waals surface area contributed by atoms with Crippen LogP contribution in [-0.2, 0) is 26.7 Å². The number of carbonyl (C=O) groups is 1. The van der Waals surface area contributed by atoms with Crippen molar-refractivity contribution in [2.45, 2.75) is 52.1 Å². The third kappa shape index (κ3) is 5.79. The number of hydrogen-bond donors (Lipinski definition) is 1. The standard InChI is InChI=1S/C24H32N2O4S/c1-17-8-10-18(11-9-17)7-6-14-25-23(27)22-16-26(31(5,28)29)20-15-19(24(2,3)4)12-13-21(20)30-22/h8-13,15,22H,6-7,14,16H2,1-5H3,(H,25,27)/t22-/m1/s1. The van der Waals surface area contributed by atoms with E-state index in [0.29, 0.717) is 18.0 Å². The van der Waals surface area contributed by atoms with Crippen LogP contribution in [0.15, 0.2) is 42.5 Å². The lowest BCUT2D eigenvalue weighted by Crippen LogP contribution is -2.50. The topological polar surface area (TPSA) is 75.7 Å². The van der Waals surface area contributed by atoms with Gasteiger partial charge in [-0.25, -0.2) is 8.42 Å². The van der Waals surface area contributed by atoms with Crippen LogP contribution in [0.4, 0.5) is 5.69 Å². The molecule has 0 aromatic heterocycles. The third-order valence-electron chi connectivity index (χ3n) is 5.45. The predicted molar refractivity (Wildman–Crippen MR) is 124 cm³/mol. The summed E-state index contributed by atoms with van der Waals surface area (Å²) in [4.78, 5) is 12.7. The minimum Gasteiger partial charge on any atom is -0.476 e. The smallest absolute Gasteiger partial charge is 0.263 e. The lowest BCUT2D eigenvalue weighted by Gasteiger charge is -2.35. The maximum Gasteiger partial charge on any atom is 0.263 e. The zero-order valence-electron chi connectivity index (χ0n) is 18.9. The molecule has 2 aromatic carbocycles. The van der Waals surface area contributed by atoms with Gasteiger partial charge >= 0.3 is 0 Å². The molecule has 0 bridgehead atoms. The minimum atomic E-state index is -3.56. The minimum absolute atomic E-state index is 0.0385. The molecule has 1 N–H and O–H groups in total. The highest BCUT2D eigenvalue weighted by Crippen LogP contribution is 2.38. The number of carbonyl (C=O) groups excluding carboxylic acids is 1. The van der Waals surface area contributed by atoms with Crippen molar-refractivity contribution in [3.05, 3.63) is 59.2 Å². The van der Waals surface area contributed by atoms with E-state index in [2.05, 4.69) is 57.3 Å². The second-order valence-corrected chi connectivity index (χ2v) is 11.1. The normalized spacial score (nSPS) is 16.4. The molecule has 2 aromatic rings. The van der Waals surface area contributed by atoms with Crippen LogP contribution in [0.3, 0.4) is 0 Å². The van der Waals surface area contributed by atoms with Crippen LogP contribution in [0, 0.1) is 6.92 Å². The van der Waals surface area contributed by atoms with Crippen molar-refractivity contribution in [1.29, 1.82) is 0 Å². The molecule has 1 heterocycles. The van der Waals surface area contributed by atoms with Crippen LogP contribution in [-0.4, -0.2) is 39.8 Å². The van der Waals surface area contributed by atoms with Gasteiger partial charge in [0.2, 0.25) is 10.0 Å². The van der Waals surface area contributed by atoms with Gasteiger partial charge in [-0.3, -0.25) is 9.10 Å². The second-order valence-electron chi connectivity index (χ2n) is 9.21. The summed E-state index contributed by atoms with van der Waals surface area (Å²) in [6.45, 7) is 8.71. The molecule has 0 spiro atoms. The Hall–Kier alpha value is -2.54. The molecule has 7 heteroatoms. The molecule has 1 atom stereocenters. The van der Waals surface area contributed by atoms with E-state index < -0.39 is 16.1 Å². The summed E-state index contributed by atoms with van der Waals surface area (Å²) < 4.78 is 32.1. The molecule has 0 fully saturated rings. The molecule has 3 rings (SSSR count). The van der Waals surface area contributed by atoms with E-state index in [0.717, 1.165) is 24.7 Å². The fourth-order valence-electron chi connectivity index (χ4n) is 3.54. The SMILES string of the molecule is Cc1ccc(CCCNC(=O)[C@H]2CN(S(C)(=O)=O)c3cc(C(C)(C)C)ccc3O2)cc1. The lowest BCUT2D eigenvalue weighted by atomic mass is 9.86. The highest BCUT2D eigenvalue weighted by Gasteiger charge is 2.35.